The molecule has 0 bridgehead atoms. The molecule has 6 nitrogen and oxygen atoms in total. The minimum absolute atomic E-state index is 0.0260. The number of phenols is 1. The Kier molecular flexibility index (Phi) is 5.97. The summed E-state index contributed by atoms with van der Waals surface area (Å²) >= 11 is 5.22. The third kappa shape index (κ3) is 4.60. The summed E-state index contributed by atoms with van der Waals surface area (Å²) in [4.78, 5) is 11.8. The smallest absolute Gasteiger partial charge is 0.338 e. The summed E-state index contributed by atoms with van der Waals surface area (Å²) in [5.41, 5.74) is 1.39. The molecule has 0 saturated carbocycles. The van der Waals surface area contributed by atoms with Gasteiger partial charge in [-0.15, -0.1) is 0 Å². The molecule has 7 heteroatoms. The van der Waals surface area contributed by atoms with Gasteiger partial charge < -0.3 is 25.2 Å². The van der Waals surface area contributed by atoms with Crippen molar-refractivity contribution in [3.63, 3.8) is 0 Å². The Morgan fingerprint density at radius 2 is 1.88 bits per heavy atom. The molecule has 0 radical (unpaired) electrons. The summed E-state index contributed by atoms with van der Waals surface area (Å²) < 4.78 is 10.0. The van der Waals surface area contributed by atoms with Crippen molar-refractivity contribution in [2.75, 3.05) is 24.4 Å². The number of carbonyl (C=O) groups is 1. The molecule has 0 aliphatic heterocycles. The van der Waals surface area contributed by atoms with Gasteiger partial charge in [-0.3, -0.25) is 0 Å². The maximum atomic E-state index is 11.8. The van der Waals surface area contributed by atoms with Crippen LogP contribution < -0.4 is 15.4 Å². The predicted octanol–water partition coefficient (Wildman–Crippen LogP) is 3.39. The number of aromatic hydroxyl groups is 1. The quantitative estimate of drug-likeness (QED) is 0.435. The van der Waals surface area contributed by atoms with Crippen LogP contribution in [0, 0.1) is 0 Å². The monoisotopic (exact) mass is 346 g/mol. The van der Waals surface area contributed by atoms with E-state index in [1.807, 2.05) is 12.1 Å². The van der Waals surface area contributed by atoms with E-state index in [9.17, 15) is 9.90 Å². The number of hydrogen-bond donors (Lipinski definition) is 3. The molecule has 0 saturated heterocycles. The normalized spacial score (nSPS) is 9.92. The van der Waals surface area contributed by atoms with Gasteiger partial charge in [0.15, 0.2) is 5.11 Å². The molecule has 126 valence electrons. The van der Waals surface area contributed by atoms with Gasteiger partial charge >= 0.3 is 5.97 Å². The van der Waals surface area contributed by atoms with Crippen molar-refractivity contribution in [3.05, 3.63) is 48.0 Å². The first kappa shape index (κ1) is 17.6. The zero-order valence-electron chi connectivity index (χ0n) is 13.3. The molecular weight excluding hydrogens is 328 g/mol. The molecule has 0 aliphatic carbocycles. The van der Waals surface area contributed by atoms with E-state index in [1.54, 1.807) is 26.2 Å². The molecule has 0 aromatic heterocycles. The van der Waals surface area contributed by atoms with Gasteiger partial charge in [0.05, 0.1) is 25.0 Å². The van der Waals surface area contributed by atoms with E-state index in [4.69, 9.17) is 21.7 Å². The van der Waals surface area contributed by atoms with Gasteiger partial charge in [0.1, 0.15) is 11.5 Å². The van der Waals surface area contributed by atoms with Crippen LogP contribution in [-0.2, 0) is 4.74 Å². The Labute approximate surface area is 145 Å². The standard InChI is InChI=1S/C17H18N2O4S/c1-3-23-16(21)11-4-9-15(20)14(10-11)19-17(24)18-12-5-7-13(22-2)8-6-12/h4-10,20H,3H2,1-2H3,(H2,18,19,24). The molecule has 0 amide bonds. The van der Waals surface area contributed by atoms with Crippen LogP contribution in [0.25, 0.3) is 0 Å². The zero-order chi connectivity index (χ0) is 17.5. The summed E-state index contributed by atoms with van der Waals surface area (Å²) in [6.07, 6.45) is 0. The first-order chi connectivity index (χ1) is 11.5. The summed E-state index contributed by atoms with van der Waals surface area (Å²) in [5.74, 6) is 0.246. The Bertz CT molecular complexity index is 732. The van der Waals surface area contributed by atoms with E-state index in [1.165, 1.54) is 18.2 Å². The molecule has 2 aromatic carbocycles. The summed E-state index contributed by atoms with van der Waals surface area (Å²) in [6, 6.07) is 11.6. The largest absolute Gasteiger partial charge is 0.506 e. The highest BCUT2D eigenvalue weighted by Crippen LogP contribution is 2.25. The van der Waals surface area contributed by atoms with Crippen LogP contribution in [0.2, 0.25) is 0 Å². The molecule has 0 fully saturated rings. The van der Waals surface area contributed by atoms with E-state index in [0.717, 1.165) is 11.4 Å². The van der Waals surface area contributed by atoms with Gasteiger partial charge in [0.25, 0.3) is 0 Å². The van der Waals surface area contributed by atoms with Crippen LogP contribution in [0.4, 0.5) is 11.4 Å². The fourth-order valence-corrected chi connectivity index (χ4v) is 2.16. The van der Waals surface area contributed by atoms with Gasteiger partial charge in [0.2, 0.25) is 0 Å². The van der Waals surface area contributed by atoms with E-state index >= 15 is 0 Å². The number of thiocarbonyl (C=S) groups is 1. The number of nitrogens with one attached hydrogen (secondary N) is 2. The van der Waals surface area contributed by atoms with Crippen molar-refractivity contribution in [2.45, 2.75) is 6.92 Å². The number of hydrogen-bond acceptors (Lipinski definition) is 5. The lowest BCUT2D eigenvalue weighted by Gasteiger charge is -2.13. The van der Waals surface area contributed by atoms with Crippen molar-refractivity contribution in [1.29, 1.82) is 0 Å². The average Bonchev–Trinajstić information content (AvgIpc) is 2.57. The molecular formula is C17H18N2O4S. The number of esters is 1. The number of carbonyl (C=O) groups excluding carboxylic acids is 1. The maximum absolute atomic E-state index is 11.8. The molecule has 24 heavy (non-hydrogen) atoms. The second-order valence-corrected chi connectivity index (χ2v) is 5.17. The van der Waals surface area contributed by atoms with E-state index in [2.05, 4.69) is 10.6 Å². The molecule has 0 spiro atoms. The third-order valence-electron chi connectivity index (χ3n) is 3.10. The molecule has 0 aliphatic rings. The van der Waals surface area contributed by atoms with Gasteiger partial charge in [-0.1, -0.05) is 0 Å². The van der Waals surface area contributed by atoms with Gasteiger partial charge in [-0.05, 0) is 61.6 Å². The van der Waals surface area contributed by atoms with Gasteiger partial charge in [-0.25, -0.2) is 4.79 Å². The lowest BCUT2D eigenvalue weighted by atomic mass is 10.2. The molecule has 2 rings (SSSR count). The number of ether oxygens (including phenoxy) is 2. The summed E-state index contributed by atoms with van der Waals surface area (Å²) in [7, 11) is 1.59. The number of phenolic OH excluding ortho intramolecular Hbond substituents is 1. The second-order valence-electron chi connectivity index (χ2n) is 4.76. The Balaban J connectivity index is 2.07. The highest BCUT2D eigenvalue weighted by Gasteiger charge is 2.11. The van der Waals surface area contributed by atoms with Crippen LogP contribution >= 0.6 is 12.2 Å². The topological polar surface area (TPSA) is 79.8 Å². The van der Waals surface area contributed by atoms with Crippen LogP contribution in [0.3, 0.4) is 0 Å². The van der Waals surface area contributed by atoms with Crippen molar-refractivity contribution in [3.8, 4) is 11.5 Å². The van der Waals surface area contributed by atoms with Crippen molar-refractivity contribution in [2.24, 2.45) is 0 Å². The average molecular weight is 346 g/mol. The zero-order valence-corrected chi connectivity index (χ0v) is 14.1. The van der Waals surface area contributed by atoms with Crippen molar-refractivity contribution in [1.82, 2.24) is 0 Å². The van der Waals surface area contributed by atoms with Crippen LogP contribution in [-0.4, -0.2) is 29.9 Å². The molecule has 3 N–H and O–H groups in total. The van der Waals surface area contributed by atoms with Gasteiger partial charge in [0, 0.05) is 5.69 Å². The SMILES string of the molecule is CCOC(=O)c1ccc(O)c(NC(=S)Nc2ccc(OC)cc2)c1. The molecule has 2 aromatic rings. The minimum atomic E-state index is -0.463. The minimum Gasteiger partial charge on any atom is -0.506 e. The Morgan fingerprint density at radius 3 is 2.50 bits per heavy atom. The Hall–Kier alpha value is -2.80. The number of benzene rings is 2. The Morgan fingerprint density at radius 1 is 1.17 bits per heavy atom. The molecule has 0 atom stereocenters. The van der Waals surface area contributed by atoms with Gasteiger partial charge in [-0.2, -0.15) is 0 Å². The lowest BCUT2D eigenvalue weighted by Crippen LogP contribution is -2.19. The highest BCUT2D eigenvalue weighted by molar-refractivity contribution is 7.80. The molecule has 0 unspecified atom stereocenters. The highest BCUT2D eigenvalue weighted by atomic mass is 32.1. The van der Waals surface area contributed by atoms with Crippen molar-refractivity contribution >= 4 is 34.7 Å². The van der Waals surface area contributed by atoms with Crippen molar-refractivity contribution < 1.29 is 19.4 Å². The second kappa shape index (κ2) is 8.16. The molecule has 0 heterocycles. The summed E-state index contributed by atoms with van der Waals surface area (Å²) in [5, 5.41) is 16.0. The third-order valence-corrected chi connectivity index (χ3v) is 3.31. The fourth-order valence-electron chi connectivity index (χ4n) is 1.94. The predicted molar refractivity (Wildman–Crippen MR) is 96.9 cm³/mol. The lowest BCUT2D eigenvalue weighted by molar-refractivity contribution is 0.0526. The number of methoxy groups -OCH3 is 1. The van der Waals surface area contributed by atoms with E-state index in [0.29, 0.717) is 11.3 Å². The first-order valence-electron chi connectivity index (χ1n) is 7.25. The maximum Gasteiger partial charge on any atom is 0.338 e. The first-order valence-corrected chi connectivity index (χ1v) is 7.66. The summed E-state index contributed by atoms with van der Waals surface area (Å²) in [6.45, 7) is 2.01. The van der Waals surface area contributed by atoms with Crippen LogP contribution in [0.1, 0.15) is 17.3 Å². The van der Waals surface area contributed by atoms with E-state index < -0.39 is 5.97 Å². The van der Waals surface area contributed by atoms with E-state index in [-0.39, 0.29) is 17.5 Å². The van der Waals surface area contributed by atoms with Crippen LogP contribution in [0.5, 0.6) is 11.5 Å². The fraction of sp³-hybridized carbons (Fsp3) is 0.176. The number of rotatable bonds is 5. The number of anilines is 2. The van der Waals surface area contributed by atoms with Crippen LogP contribution in [0.15, 0.2) is 42.5 Å².